The number of rotatable bonds is 7. The number of ether oxygens (including phenoxy) is 1. The third kappa shape index (κ3) is 5.32. The maximum atomic E-state index is 14.0. The van der Waals surface area contributed by atoms with E-state index in [2.05, 4.69) is 5.32 Å². The van der Waals surface area contributed by atoms with Crippen molar-refractivity contribution in [1.29, 1.82) is 0 Å². The number of nitrogens with one attached hydrogen (secondary N) is 1. The fraction of sp³-hybridized carbons (Fsp3) is 0.200. The number of benzene rings is 3. The molecule has 6 rings (SSSR count). The van der Waals surface area contributed by atoms with Crippen molar-refractivity contribution < 1.29 is 37.2 Å². The second kappa shape index (κ2) is 11.8. The number of aromatic nitrogens is 1. The van der Waals surface area contributed by atoms with Crippen LogP contribution in [0.2, 0.25) is 0 Å². The van der Waals surface area contributed by atoms with Gasteiger partial charge < -0.3 is 10.1 Å². The molecule has 2 aliphatic rings. The number of carbonyl (C=O) groups excluding carboxylic acids is 3. The molecule has 3 aromatic carbocycles. The Hall–Kier alpha value is -4.96. The number of alkyl halides is 3. The maximum Gasteiger partial charge on any atom is 0.418 e. The summed E-state index contributed by atoms with van der Waals surface area (Å²) in [5, 5.41) is 12.5. The first-order valence-corrected chi connectivity index (χ1v) is 15.2. The number of anilines is 2. The van der Waals surface area contributed by atoms with E-state index in [1.54, 1.807) is 24.3 Å². The lowest BCUT2D eigenvalue weighted by Crippen LogP contribution is -2.33. The lowest BCUT2D eigenvalue weighted by Gasteiger charge is -2.31. The second-order valence-corrected chi connectivity index (χ2v) is 12.4. The first kappa shape index (κ1) is 31.0. The van der Waals surface area contributed by atoms with Gasteiger partial charge in [-0.3, -0.25) is 33.9 Å². The highest BCUT2D eigenvalue weighted by Gasteiger charge is 2.57. The van der Waals surface area contributed by atoms with Crippen LogP contribution in [0.5, 0.6) is 5.75 Å². The Morgan fingerprint density at radius 1 is 1.00 bits per heavy atom. The maximum absolute atomic E-state index is 14.0. The Kier molecular flexibility index (Phi) is 7.93. The van der Waals surface area contributed by atoms with Crippen LogP contribution >= 0.6 is 23.1 Å². The molecule has 3 unspecified atom stereocenters. The molecule has 1 aromatic heterocycles. The van der Waals surface area contributed by atoms with Gasteiger partial charge in [0.15, 0.2) is 0 Å². The van der Waals surface area contributed by atoms with Crippen molar-refractivity contribution >= 4 is 57.9 Å². The van der Waals surface area contributed by atoms with Gasteiger partial charge in [-0.15, -0.1) is 0 Å². The second-order valence-electron chi connectivity index (χ2n) is 10.3. The number of non-ortho nitro benzene ring substituents is 1. The summed E-state index contributed by atoms with van der Waals surface area (Å²) in [5.41, 5.74) is -1.14. The molecule has 1 fully saturated rings. The van der Waals surface area contributed by atoms with Gasteiger partial charge in [-0.25, -0.2) is 4.90 Å². The monoisotopic (exact) mass is 670 g/mol. The molecule has 0 spiro atoms. The van der Waals surface area contributed by atoms with Crippen LogP contribution in [-0.4, -0.2) is 39.6 Å². The molecule has 0 bridgehead atoms. The number of nitrogens with zero attached hydrogens (tertiary/aromatic N) is 3. The van der Waals surface area contributed by atoms with Gasteiger partial charge in [0.2, 0.25) is 17.7 Å². The van der Waals surface area contributed by atoms with Gasteiger partial charge in [0.1, 0.15) is 17.5 Å². The number of carbonyl (C=O) groups is 3. The molecule has 46 heavy (non-hydrogen) atoms. The zero-order valence-corrected chi connectivity index (χ0v) is 25.2. The van der Waals surface area contributed by atoms with Crippen molar-refractivity contribution in [2.24, 2.45) is 5.92 Å². The molecule has 3 amide bonds. The number of nitro benzene ring substituents is 1. The van der Waals surface area contributed by atoms with E-state index in [9.17, 15) is 42.5 Å². The van der Waals surface area contributed by atoms with Gasteiger partial charge in [-0.2, -0.15) is 13.2 Å². The number of hydrogen-bond acceptors (Lipinski definition) is 9. The van der Waals surface area contributed by atoms with Crippen molar-refractivity contribution in [3.8, 4) is 5.75 Å². The van der Waals surface area contributed by atoms with E-state index in [-0.39, 0.29) is 16.4 Å². The number of amides is 3. The van der Waals surface area contributed by atoms with Gasteiger partial charge >= 0.3 is 11.0 Å². The molecule has 3 atom stereocenters. The van der Waals surface area contributed by atoms with Crippen molar-refractivity contribution in [3.05, 3.63) is 109 Å². The van der Waals surface area contributed by atoms with E-state index in [0.29, 0.717) is 16.2 Å². The predicted molar refractivity (Wildman–Crippen MR) is 162 cm³/mol. The van der Waals surface area contributed by atoms with Crippen LogP contribution in [0.3, 0.4) is 0 Å². The molecule has 16 heteroatoms. The molecule has 236 valence electrons. The van der Waals surface area contributed by atoms with Crippen molar-refractivity contribution in [2.75, 3.05) is 17.3 Å². The highest BCUT2D eigenvalue weighted by atomic mass is 32.2. The van der Waals surface area contributed by atoms with E-state index in [1.807, 2.05) is 0 Å². The third-order valence-electron chi connectivity index (χ3n) is 7.65. The lowest BCUT2D eigenvalue weighted by molar-refractivity contribution is -0.384. The number of methoxy groups -OCH3 is 1. The van der Waals surface area contributed by atoms with E-state index in [0.717, 1.165) is 44.7 Å². The average Bonchev–Trinajstić information content (AvgIpc) is 3.46. The quantitative estimate of drug-likeness (QED) is 0.159. The van der Waals surface area contributed by atoms with Gasteiger partial charge in [0.05, 0.1) is 39.9 Å². The predicted octanol–water partition coefficient (Wildman–Crippen LogP) is 5.28. The summed E-state index contributed by atoms with van der Waals surface area (Å²) in [6, 6.07) is 16.1. The molecule has 4 aromatic rings. The summed E-state index contributed by atoms with van der Waals surface area (Å²) in [4.78, 5) is 65.6. The minimum atomic E-state index is -4.74. The van der Waals surface area contributed by atoms with E-state index in [4.69, 9.17) is 4.74 Å². The topological polar surface area (TPSA) is 141 Å². The smallest absolute Gasteiger partial charge is 0.418 e. The van der Waals surface area contributed by atoms with Crippen molar-refractivity contribution in [3.63, 3.8) is 0 Å². The summed E-state index contributed by atoms with van der Waals surface area (Å²) in [5.74, 6) is -3.63. The zero-order valence-electron chi connectivity index (χ0n) is 23.5. The number of thioether (sulfide) groups is 1. The highest BCUT2D eigenvalue weighted by Crippen LogP contribution is 2.55. The SMILES string of the molecule is COc1ccccc1C1c2sc(=O)n(CC(=O)Nc3ccccc3C(F)(F)F)c2SC2C(=O)N(c3ccc([N+](=O)[O-])cc3)C(=O)C21. The van der Waals surface area contributed by atoms with E-state index >= 15 is 0 Å². The normalized spacial score (nSPS) is 19.0. The number of fused-ring (bicyclic) bond motifs is 2. The molecule has 1 N–H and O–H groups in total. The first-order valence-electron chi connectivity index (χ1n) is 13.5. The summed E-state index contributed by atoms with van der Waals surface area (Å²) < 4.78 is 47.2. The van der Waals surface area contributed by atoms with Crippen LogP contribution in [0.15, 0.2) is 82.6 Å². The lowest BCUT2D eigenvalue weighted by atomic mass is 9.82. The molecule has 0 saturated carbocycles. The highest BCUT2D eigenvalue weighted by molar-refractivity contribution is 8.00. The molecule has 2 aliphatic heterocycles. The molecule has 1 saturated heterocycles. The number of thiazole rings is 1. The van der Waals surface area contributed by atoms with Crippen LogP contribution in [0, 0.1) is 16.0 Å². The first-order chi connectivity index (χ1) is 21.9. The van der Waals surface area contributed by atoms with Gasteiger partial charge in [0.25, 0.3) is 5.69 Å². The van der Waals surface area contributed by atoms with Crippen LogP contribution in [0.1, 0.15) is 21.9 Å². The minimum Gasteiger partial charge on any atom is -0.496 e. The molecule has 0 aliphatic carbocycles. The Bertz CT molecular complexity index is 1960. The van der Waals surface area contributed by atoms with Crippen LogP contribution in [-0.2, 0) is 27.1 Å². The minimum absolute atomic E-state index is 0.123. The number of hydrogen-bond donors (Lipinski definition) is 1. The standard InChI is InChI=1S/C30H21F3N4O7S2/c1-44-20-9-5-2-6-17(20)22-23-24(27(40)36(26(23)39)15-10-12-16(13-11-15)37(42)43)45-28-25(22)46-29(41)35(28)14-21(38)34-19-8-4-3-7-18(19)30(31,32)33/h2-13,22-24H,14H2,1H3,(H,34,38). The van der Waals surface area contributed by atoms with Gasteiger partial charge in [-0.1, -0.05) is 53.4 Å². The number of para-hydroxylation sites is 2. The number of halogens is 3. The summed E-state index contributed by atoms with van der Waals surface area (Å²) in [6.07, 6.45) is -4.74. The van der Waals surface area contributed by atoms with E-state index in [1.165, 1.54) is 43.5 Å². The molecule has 11 nitrogen and oxygen atoms in total. The largest absolute Gasteiger partial charge is 0.496 e. The van der Waals surface area contributed by atoms with Gasteiger partial charge in [-0.05, 0) is 30.3 Å². The Labute approximate surface area is 265 Å². The van der Waals surface area contributed by atoms with Crippen molar-refractivity contribution in [2.45, 2.75) is 28.9 Å². The summed E-state index contributed by atoms with van der Waals surface area (Å²) in [7, 11) is 1.43. The molecular weight excluding hydrogens is 649 g/mol. The zero-order chi connectivity index (χ0) is 32.9. The third-order valence-corrected chi connectivity index (χ3v) is 10.3. The fourth-order valence-corrected chi connectivity index (χ4v) is 8.43. The number of nitro groups is 1. The summed E-state index contributed by atoms with van der Waals surface area (Å²) >= 11 is 1.68. The van der Waals surface area contributed by atoms with Gasteiger partial charge in [0, 0.05) is 28.5 Å². The number of imide groups is 1. The van der Waals surface area contributed by atoms with E-state index < -0.39 is 68.6 Å². The summed E-state index contributed by atoms with van der Waals surface area (Å²) in [6.45, 7) is -0.659. The average molecular weight is 671 g/mol. The van der Waals surface area contributed by atoms with Crippen LogP contribution < -0.4 is 19.8 Å². The van der Waals surface area contributed by atoms with Crippen molar-refractivity contribution in [1.82, 2.24) is 4.57 Å². The van der Waals surface area contributed by atoms with Crippen LogP contribution in [0.4, 0.5) is 30.2 Å². The Morgan fingerprint density at radius 3 is 2.35 bits per heavy atom. The fourth-order valence-electron chi connectivity index (χ4n) is 5.66. The molecule has 0 radical (unpaired) electrons. The Balaban J connectivity index is 1.41. The Morgan fingerprint density at radius 2 is 1.67 bits per heavy atom. The van der Waals surface area contributed by atoms with Crippen LogP contribution in [0.25, 0.3) is 0 Å². The molecule has 3 heterocycles. The molecular formula is C30H21F3N4O7S2.